The van der Waals surface area contributed by atoms with Crippen LogP contribution in [0.2, 0.25) is 0 Å². The van der Waals surface area contributed by atoms with Crippen molar-refractivity contribution in [3.05, 3.63) is 65.2 Å². The van der Waals surface area contributed by atoms with Crippen LogP contribution < -0.4 is 5.32 Å². The number of rotatable bonds is 7. The van der Waals surface area contributed by atoms with Gasteiger partial charge in [0.2, 0.25) is 0 Å². The van der Waals surface area contributed by atoms with E-state index in [9.17, 15) is 4.79 Å². The lowest BCUT2D eigenvalue weighted by Crippen LogP contribution is -2.09. The van der Waals surface area contributed by atoms with E-state index in [1.54, 1.807) is 0 Å². The summed E-state index contributed by atoms with van der Waals surface area (Å²) in [6.07, 6.45) is 1.66. The second-order valence-corrected chi connectivity index (χ2v) is 5.90. The second-order valence-electron chi connectivity index (χ2n) is 5.90. The van der Waals surface area contributed by atoms with Crippen LogP contribution in [0.3, 0.4) is 0 Å². The number of carbonyl (C=O) groups is 1. The number of hydrogen-bond acceptors (Lipinski definition) is 2. The summed E-state index contributed by atoms with van der Waals surface area (Å²) in [5, 5.41) is 3.32. The molecular formula is C20H25NO. The van der Waals surface area contributed by atoms with Crippen molar-refractivity contribution in [2.45, 2.75) is 39.5 Å². The van der Waals surface area contributed by atoms with Crippen molar-refractivity contribution in [1.82, 2.24) is 0 Å². The van der Waals surface area contributed by atoms with E-state index in [4.69, 9.17) is 0 Å². The third-order valence-corrected chi connectivity index (χ3v) is 4.15. The van der Waals surface area contributed by atoms with Crippen LogP contribution in [0.4, 0.5) is 5.69 Å². The number of aryl methyl sites for hydroxylation is 1. The van der Waals surface area contributed by atoms with Crippen LogP contribution in [0.1, 0.15) is 54.1 Å². The Bertz CT molecular complexity index is 599. The molecule has 0 unspecified atom stereocenters. The SMILES string of the molecule is CC[C@H](C)c1ccc(NCCC(=O)c2ccc(C)cc2)cc1. The monoisotopic (exact) mass is 295 g/mol. The topological polar surface area (TPSA) is 29.1 Å². The van der Waals surface area contributed by atoms with Crippen molar-refractivity contribution in [3.8, 4) is 0 Å². The Morgan fingerprint density at radius 1 is 1.05 bits per heavy atom. The molecule has 0 saturated heterocycles. The highest BCUT2D eigenvalue weighted by atomic mass is 16.1. The van der Waals surface area contributed by atoms with Crippen LogP contribution in [0.5, 0.6) is 0 Å². The second kappa shape index (κ2) is 7.79. The molecule has 0 amide bonds. The summed E-state index contributed by atoms with van der Waals surface area (Å²) in [4.78, 5) is 12.1. The molecule has 0 aromatic heterocycles. The van der Waals surface area contributed by atoms with Gasteiger partial charge in [0, 0.05) is 24.2 Å². The minimum Gasteiger partial charge on any atom is -0.385 e. The molecule has 2 aromatic carbocycles. The molecule has 2 aromatic rings. The summed E-state index contributed by atoms with van der Waals surface area (Å²) >= 11 is 0. The molecule has 0 saturated carbocycles. The lowest BCUT2D eigenvalue weighted by atomic mass is 9.98. The molecule has 0 aliphatic heterocycles. The molecule has 0 heterocycles. The molecule has 1 N–H and O–H groups in total. The molecule has 0 aliphatic rings. The zero-order valence-corrected chi connectivity index (χ0v) is 13.7. The third kappa shape index (κ3) is 4.45. The molecular weight excluding hydrogens is 270 g/mol. The Labute approximate surface area is 133 Å². The molecule has 2 nitrogen and oxygen atoms in total. The molecule has 0 radical (unpaired) electrons. The van der Waals surface area contributed by atoms with Gasteiger partial charge in [0.1, 0.15) is 0 Å². The fraction of sp³-hybridized carbons (Fsp3) is 0.350. The van der Waals surface area contributed by atoms with Gasteiger partial charge < -0.3 is 5.32 Å². The molecule has 2 heteroatoms. The fourth-order valence-electron chi connectivity index (χ4n) is 2.37. The molecule has 0 bridgehead atoms. The van der Waals surface area contributed by atoms with E-state index in [0.29, 0.717) is 18.9 Å². The highest BCUT2D eigenvalue weighted by molar-refractivity contribution is 5.96. The molecule has 0 fully saturated rings. The van der Waals surface area contributed by atoms with Gasteiger partial charge in [-0.15, -0.1) is 0 Å². The number of ketones is 1. The van der Waals surface area contributed by atoms with Crippen molar-refractivity contribution in [2.24, 2.45) is 0 Å². The number of hydrogen-bond donors (Lipinski definition) is 1. The van der Waals surface area contributed by atoms with E-state index in [1.807, 2.05) is 31.2 Å². The highest BCUT2D eigenvalue weighted by Crippen LogP contribution is 2.20. The van der Waals surface area contributed by atoms with E-state index < -0.39 is 0 Å². The van der Waals surface area contributed by atoms with Crippen LogP contribution in [-0.4, -0.2) is 12.3 Å². The largest absolute Gasteiger partial charge is 0.385 e. The summed E-state index contributed by atoms with van der Waals surface area (Å²) in [6.45, 7) is 7.13. The van der Waals surface area contributed by atoms with E-state index in [2.05, 4.69) is 43.4 Å². The summed E-state index contributed by atoms with van der Waals surface area (Å²) in [5.41, 5.74) is 4.41. The summed E-state index contributed by atoms with van der Waals surface area (Å²) in [5.74, 6) is 0.779. The van der Waals surface area contributed by atoms with Gasteiger partial charge in [-0.1, -0.05) is 55.8 Å². The average Bonchev–Trinajstić information content (AvgIpc) is 2.55. The highest BCUT2D eigenvalue weighted by Gasteiger charge is 2.05. The van der Waals surface area contributed by atoms with Gasteiger partial charge in [0.25, 0.3) is 0 Å². The summed E-state index contributed by atoms with van der Waals surface area (Å²) in [6, 6.07) is 16.3. The average molecular weight is 295 g/mol. The number of Topliss-reactive ketones (excluding diaryl/α,β-unsaturated/α-hetero) is 1. The zero-order chi connectivity index (χ0) is 15.9. The van der Waals surface area contributed by atoms with Crippen molar-refractivity contribution in [3.63, 3.8) is 0 Å². The van der Waals surface area contributed by atoms with Crippen molar-refractivity contribution in [2.75, 3.05) is 11.9 Å². The van der Waals surface area contributed by atoms with Gasteiger partial charge >= 0.3 is 0 Å². The number of carbonyl (C=O) groups excluding carboxylic acids is 1. The summed E-state index contributed by atoms with van der Waals surface area (Å²) < 4.78 is 0. The maximum absolute atomic E-state index is 12.1. The first-order valence-corrected chi connectivity index (χ1v) is 8.04. The molecule has 22 heavy (non-hydrogen) atoms. The number of nitrogens with one attached hydrogen (secondary N) is 1. The smallest absolute Gasteiger partial charge is 0.164 e. The van der Waals surface area contributed by atoms with Crippen LogP contribution in [0.15, 0.2) is 48.5 Å². The van der Waals surface area contributed by atoms with Crippen LogP contribution in [0, 0.1) is 6.92 Å². The van der Waals surface area contributed by atoms with Gasteiger partial charge in [0.15, 0.2) is 5.78 Å². The van der Waals surface area contributed by atoms with E-state index in [-0.39, 0.29) is 5.78 Å². The van der Waals surface area contributed by atoms with Crippen molar-refractivity contribution < 1.29 is 4.79 Å². The third-order valence-electron chi connectivity index (χ3n) is 4.15. The van der Waals surface area contributed by atoms with Gasteiger partial charge in [-0.2, -0.15) is 0 Å². The first-order valence-electron chi connectivity index (χ1n) is 8.04. The van der Waals surface area contributed by atoms with E-state index in [0.717, 1.165) is 17.7 Å². The Kier molecular flexibility index (Phi) is 5.76. The first-order chi connectivity index (χ1) is 10.6. The predicted molar refractivity (Wildman–Crippen MR) is 93.8 cm³/mol. The number of benzene rings is 2. The Morgan fingerprint density at radius 3 is 2.27 bits per heavy atom. The predicted octanol–water partition coefficient (Wildman–Crippen LogP) is 5.19. The lowest BCUT2D eigenvalue weighted by molar-refractivity contribution is 0.0986. The first kappa shape index (κ1) is 16.3. The van der Waals surface area contributed by atoms with E-state index in [1.165, 1.54) is 11.1 Å². The van der Waals surface area contributed by atoms with Gasteiger partial charge in [-0.05, 0) is 37.0 Å². The molecule has 1 atom stereocenters. The van der Waals surface area contributed by atoms with Crippen LogP contribution >= 0.6 is 0 Å². The normalized spacial score (nSPS) is 12.0. The quantitative estimate of drug-likeness (QED) is 0.712. The fourth-order valence-corrected chi connectivity index (χ4v) is 2.37. The minimum atomic E-state index is 0.184. The van der Waals surface area contributed by atoms with Gasteiger partial charge in [0.05, 0.1) is 0 Å². The van der Waals surface area contributed by atoms with Gasteiger partial charge in [-0.3, -0.25) is 4.79 Å². The van der Waals surface area contributed by atoms with Crippen LogP contribution in [-0.2, 0) is 0 Å². The van der Waals surface area contributed by atoms with Crippen molar-refractivity contribution >= 4 is 11.5 Å². The zero-order valence-electron chi connectivity index (χ0n) is 13.7. The molecule has 0 spiro atoms. The van der Waals surface area contributed by atoms with Crippen molar-refractivity contribution in [1.29, 1.82) is 0 Å². The standard InChI is InChI=1S/C20H25NO/c1-4-16(3)17-9-11-19(12-10-17)21-14-13-20(22)18-7-5-15(2)6-8-18/h5-12,16,21H,4,13-14H2,1-3H3/t16-/m0/s1. The lowest BCUT2D eigenvalue weighted by Gasteiger charge is -2.11. The molecule has 2 rings (SSSR count). The molecule has 0 aliphatic carbocycles. The Morgan fingerprint density at radius 2 is 1.68 bits per heavy atom. The van der Waals surface area contributed by atoms with Crippen LogP contribution in [0.25, 0.3) is 0 Å². The summed E-state index contributed by atoms with van der Waals surface area (Å²) in [7, 11) is 0. The maximum atomic E-state index is 12.1. The minimum absolute atomic E-state index is 0.184. The Hall–Kier alpha value is -2.09. The molecule has 116 valence electrons. The number of anilines is 1. The van der Waals surface area contributed by atoms with E-state index >= 15 is 0 Å². The Balaban J connectivity index is 1.83. The van der Waals surface area contributed by atoms with Gasteiger partial charge in [-0.25, -0.2) is 0 Å². The maximum Gasteiger partial charge on any atom is 0.164 e.